The summed E-state index contributed by atoms with van der Waals surface area (Å²) in [7, 11) is 1.31. The number of carbonyl (C=O) groups excluding carboxylic acids is 2. The summed E-state index contributed by atoms with van der Waals surface area (Å²) in [5, 5.41) is 5.55. The average Bonchev–Trinajstić information content (AvgIpc) is 3.27. The third-order valence-electron chi connectivity index (χ3n) is 4.85. The van der Waals surface area contributed by atoms with Crippen molar-refractivity contribution in [3.8, 4) is 0 Å². The molecule has 2 saturated heterocycles. The van der Waals surface area contributed by atoms with Crippen molar-refractivity contribution in [3.05, 3.63) is 24.3 Å². The smallest absolute Gasteiger partial charge is 0.411 e. The van der Waals surface area contributed by atoms with Crippen LogP contribution >= 0.6 is 0 Å². The van der Waals surface area contributed by atoms with Gasteiger partial charge in [-0.15, -0.1) is 0 Å². The maximum Gasteiger partial charge on any atom is 0.411 e. The summed E-state index contributed by atoms with van der Waals surface area (Å²) in [5.74, 6) is 0. The monoisotopic (exact) mass is 346 g/mol. The predicted molar refractivity (Wildman–Crippen MR) is 96.9 cm³/mol. The Balaban J connectivity index is 1.59. The molecule has 0 unspecified atom stereocenters. The number of carbonyl (C=O) groups is 2. The van der Waals surface area contributed by atoms with E-state index in [4.69, 9.17) is 0 Å². The number of nitrogens with zero attached hydrogens (tertiary/aromatic N) is 2. The average molecular weight is 346 g/mol. The molecule has 2 N–H and O–H groups in total. The second-order valence-electron chi connectivity index (χ2n) is 6.62. The van der Waals surface area contributed by atoms with E-state index in [0.717, 1.165) is 39.0 Å². The largest absolute Gasteiger partial charge is 0.453 e. The second kappa shape index (κ2) is 8.20. The van der Waals surface area contributed by atoms with E-state index in [2.05, 4.69) is 20.3 Å². The molecule has 0 aliphatic carbocycles. The maximum absolute atomic E-state index is 12.7. The molecule has 0 bridgehead atoms. The Hall–Kier alpha value is -2.28. The minimum atomic E-state index is -0.534. The first-order chi connectivity index (χ1) is 12.2. The highest BCUT2D eigenvalue weighted by molar-refractivity contribution is 5.91. The van der Waals surface area contributed by atoms with Gasteiger partial charge in [0.1, 0.15) is 0 Å². The van der Waals surface area contributed by atoms with Gasteiger partial charge in [-0.3, -0.25) is 5.32 Å². The van der Waals surface area contributed by atoms with Crippen LogP contribution in [0.3, 0.4) is 0 Å². The van der Waals surface area contributed by atoms with E-state index in [9.17, 15) is 9.59 Å². The predicted octanol–water partition coefficient (Wildman–Crippen LogP) is 2.96. The van der Waals surface area contributed by atoms with Crippen LogP contribution in [0.2, 0.25) is 0 Å². The molecular weight excluding hydrogens is 320 g/mol. The molecule has 3 amide bonds. The van der Waals surface area contributed by atoms with Crippen molar-refractivity contribution in [2.75, 3.05) is 43.9 Å². The fourth-order valence-corrected chi connectivity index (χ4v) is 3.59. The number of ether oxygens (including phenoxy) is 1. The first-order valence-corrected chi connectivity index (χ1v) is 8.91. The van der Waals surface area contributed by atoms with Crippen molar-refractivity contribution in [2.45, 2.75) is 31.7 Å². The molecule has 136 valence electrons. The molecule has 2 aliphatic rings. The van der Waals surface area contributed by atoms with Gasteiger partial charge in [0.2, 0.25) is 0 Å². The fourth-order valence-electron chi connectivity index (χ4n) is 3.59. The van der Waals surface area contributed by atoms with Crippen molar-refractivity contribution in [1.29, 1.82) is 0 Å². The van der Waals surface area contributed by atoms with Crippen LogP contribution in [-0.4, -0.2) is 61.3 Å². The van der Waals surface area contributed by atoms with Crippen LogP contribution in [0.25, 0.3) is 0 Å². The molecule has 3 rings (SSSR count). The molecular formula is C18H26N4O3. The summed E-state index contributed by atoms with van der Waals surface area (Å²) in [6, 6.07) is 7.28. The van der Waals surface area contributed by atoms with Crippen LogP contribution in [0.5, 0.6) is 0 Å². The Morgan fingerprint density at radius 1 is 1.12 bits per heavy atom. The van der Waals surface area contributed by atoms with Gasteiger partial charge in [-0.1, -0.05) is 6.07 Å². The molecule has 1 aromatic carbocycles. The van der Waals surface area contributed by atoms with E-state index < -0.39 is 6.09 Å². The van der Waals surface area contributed by atoms with Gasteiger partial charge in [0.15, 0.2) is 0 Å². The van der Waals surface area contributed by atoms with E-state index in [0.29, 0.717) is 11.4 Å². The molecule has 1 atom stereocenters. The number of amides is 3. The van der Waals surface area contributed by atoms with E-state index in [1.165, 1.54) is 20.0 Å². The zero-order chi connectivity index (χ0) is 17.6. The lowest BCUT2D eigenvalue weighted by Crippen LogP contribution is -2.44. The SMILES string of the molecule is COC(=O)Nc1cccc(NC(=O)N2CCC[C@H]2CN2CCCC2)c1. The molecule has 2 aliphatic heterocycles. The van der Waals surface area contributed by atoms with Crippen LogP contribution < -0.4 is 10.6 Å². The summed E-state index contributed by atoms with van der Waals surface area (Å²) >= 11 is 0. The number of hydrogen-bond donors (Lipinski definition) is 2. The quantitative estimate of drug-likeness (QED) is 0.879. The topological polar surface area (TPSA) is 73.9 Å². The maximum atomic E-state index is 12.7. The lowest BCUT2D eigenvalue weighted by atomic mass is 10.2. The summed E-state index contributed by atoms with van der Waals surface area (Å²) in [4.78, 5) is 28.4. The lowest BCUT2D eigenvalue weighted by molar-refractivity contribution is 0.186. The normalized spacial score (nSPS) is 20.5. The highest BCUT2D eigenvalue weighted by atomic mass is 16.5. The van der Waals surface area contributed by atoms with E-state index in [1.807, 2.05) is 11.0 Å². The van der Waals surface area contributed by atoms with Crippen molar-refractivity contribution in [3.63, 3.8) is 0 Å². The minimum Gasteiger partial charge on any atom is -0.453 e. The summed E-state index contributed by atoms with van der Waals surface area (Å²) in [5.41, 5.74) is 1.24. The molecule has 2 fully saturated rings. The lowest BCUT2D eigenvalue weighted by Gasteiger charge is -2.28. The van der Waals surface area contributed by atoms with Gasteiger partial charge in [0.05, 0.1) is 7.11 Å². The standard InChI is InChI=1S/C18H26N4O3/c1-25-18(24)20-15-7-4-6-14(12-15)19-17(23)22-11-5-8-16(22)13-21-9-2-3-10-21/h4,6-7,12,16H,2-3,5,8-11,13H2,1H3,(H,19,23)(H,20,24)/t16-/m0/s1. The molecule has 2 heterocycles. The Morgan fingerprint density at radius 2 is 1.84 bits per heavy atom. The molecule has 0 aromatic heterocycles. The van der Waals surface area contributed by atoms with Crippen molar-refractivity contribution >= 4 is 23.5 Å². The number of urea groups is 1. The molecule has 7 nitrogen and oxygen atoms in total. The van der Waals surface area contributed by atoms with Crippen LogP contribution in [0, 0.1) is 0 Å². The number of hydrogen-bond acceptors (Lipinski definition) is 4. The highest BCUT2D eigenvalue weighted by Crippen LogP contribution is 2.22. The van der Waals surface area contributed by atoms with Gasteiger partial charge in [0.25, 0.3) is 0 Å². The van der Waals surface area contributed by atoms with Crippen LogP contribution in [0.1, 0.15) is 25.7 Å². The molecule has 25 heavy (non-hydrogen) atoms. The van der Waals surface area contributed by atoms with Crippen molar-refractivity contribution < 1.29 is 14.3 Å². The van der Waals surface area contributed by atoms with E-state index in [-0.39, 0.29) is 12.1 Å². The molecule has 0 saturated carbocycles. The van der Waals surface area contributed by atoms with Gasteiger partial charge in [-0.25, -0.2) is 9.59 Å². The van der Waals surface area contributed by atoms with Gasteiger partial charge in [-0.2, -0.15) is 0 Å². The van der Waals surface area contributed by atoms with Gasteiger partial charge < -0.3 is 19.9 Å². The number of benzene rings is 1. The fraction of sp³-hybridized carbons (Fsp3) is 0.556. The van der Waals surface area contributed by atoms with E-state index in [1.54, 1.807) is 18.2 Å². The number of anilines is 2. The summed E-state index contributed by atoms with van der Waals surface area (Å²) in [6.07, 6.45) is 4.11. The Morgan fingerprint density at radius 3 is 2.56 bits per heavy atom. The highest BCUT2D eigenvalue weighted by Gasteiger charge is 2.30. The number of rotatable bonds is 4. The zero-order valence-electron chi connectivity index (χ0n) is 14.7. The number of nitrogens with one attached hydrogen (secondary N) is 2. The van der Waals surface area contributed by atoms with E-state index >= 15 is 0 Å². The number of methoxy groups -OCH3 is 1. The third kappa shape index (κ3) is 4.63. The van der Waals surface area contributed by atoms with Crippen molar-refractivity contribution in [1.82, 2.24) is 9.80 Å². The van der Waals surface area contributed by atoms with Crippen LogP contribution in [-0.2, 0) is 4.74 Å². The zero-order valence-corrected chi connectivity index (χ0v) is 14.7. The Kier molecular flexibility index (Phi) is 5.75. The van der Waals surface area contributed by atoms with Gasteiger partial charge in [0, 0.05) is 30.5 Å². The number of likely N-dealkylation sites (tertiary alicyclic amines) is 2. The van der Waals surface area contributed by atoms with Crippen molar-refractivity contribution in [2.24, 2.45) is 0 Å². The molecule has 0 radical (unpaired) electrons. The first-order valence-electron chi connectivity index (χ1n) is 8.91. The first kappa shape index (κ1) is 17.5. The summed E-state index contributed by atoms with van der Waals surface area (Å²) in [6.45, 7) is 4.06. The Bertz CT molecular complexity index is 616. The Labute approximate surface area is 148 Å². The molecule has 1 aromatic rings. The molecule has 0 spiro atoms. The third-order valence-corrected chi connectivity index (χ3v) is 4.85. The van der Waals surface area contributed by atoms with Gasteiger partial charge in [-0.05, 0) is 57.0 Å². The second-order valence-corrected chi connectivity index (χ2v) is 6.62. The summed E-state index contributed by atoms with van der Waals surface area (Å²) < 4.78 is 4.58. The van der Waals surface area contributed by atoms with Crippen LogP contribution in [0.4, 0.5) is 21.0 Å². The minimum absolute atomic E-state index is 0.0723. The van der Waals surface area contributed by atoms with Gasteiger partial charge >= 0.3 is 12.1 Å². The molecule has 7 heteroatoms. The van der Waals surface area contributed by atoms with Crippen LogP contribution in [0.15, 0.2) is 24.3 Å².